The van der Waals surface area contributed by atoms with E-state index in [-0.39, 0.29) is 11.8 Å². The van der Waals surface area contributed by atoms with Gasteiger partial charge >= 0.3 is 0 Å². The Balaban J connectivity index is 2.15. The zero-order chi connectivity index (χ0) is 14.5. The first kappa shape index (κ1) is 13.8. The average molecular weight is 268 g/mol. The molecule has 0 aliphatic carbocycles. The van der Waals surface area contributed by atoms with Crippen molar-refractivity contribution in [2.75, 3.05) is 12.4 Å². The van der Waals surface area contributed by atoms with E-state index in [4.69, 9.17) is 10.00 Å². The maximum absolute atomic E-state index is 9.99. The van der Waals surface area contributed by atoms with Crippen LogP contribution in [0.15, 0.2) is 42.5 Å². The maximum Gasteiger partial charge on any atom is 0.124 e. The smallest absolute Gasteiger partial charge is 0.124 e. The lowest BCUT2D eigenvalue weighted by atomic mass is 10.1. The van der Waals surface area contributed by atoms with Gasteiger partial charge in [0.15, 0.2) is 0 Å². The highest BCUT2D eigenvalue weighted by Gasteiger charge is 2.11. The Morgan fingerprint density at radius 2 is 1.90 bits per heavy atom. The van der Waals surface area contributed by atoms with Gasteiger partial charge < -0.3 is 15.2 Å². The normalized spacial score (nSPS) is 11.4. The summed E-state index contributed by atoms with van der Waals surface area (Å²) >= 11 is 0. The standard InChI is InChI=1S/C16H16N2O2/c1-11(15-8-7-14(20-2)9-16(15)19)18-13-5-3-12(10-17)4-6-13/h3-9,11,18-19H,1-2H3. The highest BCUT2D eigenvalue weighted by Crippen LogP contribution is 2.30. The third kappa shape index (κ3) is 3.01. The monoisotopic (exact) mass is 268 g/mol. The summed E-state index contributed by atoms with van der Waals surface area (Å²) < 4.78 is 5.06. The van der Waals surface area contributed by atoms with E-state index in [1.807, 2.05) is 31.2 Å². The van der Waals surface area contributed by atoms with E-state index in [0.717, 1.165) is 11.3 Å². The van der Waals surface area contributed by atoms with Crippen molar-refractivity contribution >= 4 is 5.69 Å². The first-order valence-electron chi connectivity index (χ1n) is 6.27. The summed E-state index contributed by atoms with van der Waals surface area (Å²) in [5.74, 6) is 0.815. The Bertz CT molecular complexity index is 630. The lowest BCUT2D eigenvalue weighted by Crippen LogP contribution is -2.06. The van der Waals surface area contributed by atoms with E-state index in [0.29, 0.717) is 11.3 Å². The van der Waals surface area contributed by atoms with E-state index in [2.05, 4.69) is 11.4 Å². The molecule has 0 aliphatic rings. The van der Waals surface area contributed by atoms with Gasteiger partial charge in [-0.25, -0.2) is 0 Å². The van der Waals surface area contributed by atoms with Gasteiger partial charge in [0, 0.05) is 17.3 Å². The third-order valence-corrected chi connectivity index (χ3v) is 3.10. The largest absolute Gasteiger partial charge is 0.507 e. The topological polar surface area (TPSA) is 65.3 Å². The van der Waals surface area contributed by atoms with Crippen molar-refractivity contribution in [3.8, 4) is 17.6 Å². The fourth-order valence-corrected chi connectivity index (χ4v) is 1.99. The van der Waals surface area contributed by atoms with Crippen molar-refractivity contribution in [3.63, 3.8) is 0 Å². The van der Waals surface area contributed by atoms with Crippen LogP contribution in [-0.4, -0.2) is 12.2 Å². The van der Waals surface area contributed by atoms with Crippen LogP contribution in [0.5, 0.6) is 11.5 Å². The Kier molecular flexibility index (Phi) is 4.11. The van der Waals surface area contributed by atoms with Crippen molar-refractivity contribution in [2.45, 2.75) is 13.0 Å². The molecule has 0 fully saturated rings. The predicted molar refractivity (Wildman–Crippen MR) is 77.9 cm³/mol. The number of benzene rings is 2. The molecule has 0 heterocycles. The first-order chi connectivity index (χ1) is 9.63. The van der Waals surface area contributed by atoms with E-state index in [1.54, 1.807) is 25.3 Å². The number of anilines is 1. The van der Waals surface area contributed by atoms with Crippen molar-refractivity contribution < 1.29 is 9.84 Å². The first-order valence-corrected chi connectivity index (χ1v) is 6.27. The molecular weight excluding hydrogens is 252 g/mol. The fourth-order valence-electron chi connectivity index (χ4n) is 1.99. The van der Waals surface area contributed by atoms with Crippen LogP contribution in [0.4, 0.5) is 5.69 Å². The van der Waals surface area contributed by atoms with Gasteiger partial charge in [-0.3, -0.25) is 0 Å². The molecule has 2 N–H and O–H groups in total. The summed E-state index contributed by atoms with van der Waals surface area (Å²) in [6.07, 6.45) is 0. The number of nitrogens with zero attached hydrogens (tertiary/aromatic N) is 1. The van der Waals surface area contributed by atoms with Crippen LogP contribution in [0.3, 0.4) is 0 Å². The summed E-state index contributed by atoms with van der Waals surface area (Å²) in [6.45, 7) is 1.96. The number of methoxy groups -OCH3 is 1. The molecule has 0 aliphatic heterocycles. The molecule has 1 unspecified atom stereocenters. The molecule has 0 bridgehead atoms. The number of rotatable bonds is 4. The van der Waals surface area contributed by atoms with Crippen molar-refractivity contribution in [2.24, 2.45) is 0 Å². The van der Waals surface area contributed by atoms with Crippen molar-refractivity contribution in [1.82, 2.24) is 0 Å². The minimum absolute atomic E-state index is 0.0613. The van der Waals surface area contributed by atoms with Crippen molar-refractivity contribution in [3.05, 3.63) is 53.6 Å². The summed E-state index contributed by atoms with van der Waals surface area (Å²) in [5, 5.41) is 22.0. The Morgan fingerprint density at radius 1 is 1.20 bits per heavy atom. The number of phenolic OH excluding ortho intramolecular Hbond substituents is 1. The van der Waals surface area contributed by atoms with Gasteiger partial charge in [-0.1, -0.05) is 0 Å². The molecular formula is C16H16N2O2. The summed E-state index contributed by atoms with van der Waals surface area (Å²) in [5.41, 5.74) is 2.30. The lowest BCUT2D eigenvalue weighted by Gasteiger charge is -2.17. The number of aromatic hydroxyl groups is 1. The van der Waals surface area contributed by atoms with Crippen LogP contribution in [0.2, 0.25) is 0 Å². The zero-order valence-electron chi connectivity index (χ0n) is 11.4. The second-order valence-corrected chi connectivity index (χ2v) is 4.48. The molecule has 0 saturated carbocycles. The summed E-state index contributed by atoms with van der Waals surface area (Å²) in [6, 6.07) is 14.4. The highest BCUT2D eigenvalue weighted by molar-refractivity contribution is 5.51. The molecule has 4 heteroatoms. The average Bonchev–Trinajstić information content (AvgIpc) is 2.47. The number of ether oxygens (including phenoxy) is 1. The molecule has 4 nitrogen and oxygen atoms in total. The molecule has 0 aromatic heterocycles. The summed E-state index contributed by atoms with van der Waals surface area (Å²) in [7, 11) is 1.56. The number of hydrogen-bond acceptors (Lipinski definition) is 4. The van der Waals surface area contributed by atoms with Gasteiger partial charge in [0.25, 0.3) is 0 Å². The second-order valence-electron chi connectivity index (χ2n) is 4.48. The second kappa shape index (κ2) is 5.98. The summed E-state index contributed by atoms with van der Waals surface area (Å²) in [4.78, 5) is 0. The predicted octanol–water partition coefficient (Wildman–Crippen LogP) is 3.45. The SMILES string of the molecule is COc1ccc(C(C)Nc2ccc(C#N)cc2)c(O)c1. The number of nitriles is 1. The maximum atomic E-state index is 9.99. The molecule has 2 aromatic rings. The van der Waals surface area contributed by atoms with Gasteiger partial charge in [-0.2, -0.15) is 5.26 Å². The van der Waals surface area contributed by atoms with Gasteiger partial charge in [0.2, 0.25) is 0 Å². The molecule has 0 spiro atoms. The van der Waals surface area contributed by atoms with Gasteiger partial charge in [-0.05, 0) is 43.3 Å². The van der Waals surface area contributed by atoms with Crippen LogP contribution in [-0.2, 0) is 0 Å². The molecule has 2 rings (SSSR count). The Morgan fingerprint density at radius 3 is 2.45 bits per heavy atom. The van der Waals surface area contributed by atoms with Crippen LogP contribution in [0.1, 0.15) is 24.1 Å². The van der Waals surface area contributed by atoms with Crippen LogP contribution in [0, 0.1) is 11.3 Å². The Labute approximate surface area is 118 Å². The van der Waals surface area contributed by atoms with Crippen LogP contribution < -0.4 is 10.1 Å². The van der Waals surface area contributed by atoms with E-state index in [9.17, 15) is 5.11 Å². The fraction of sp³-hybridized carbons (Fsp3) is 0.188. The number of hydrogen-bond donors (Lipinski definition) is 2. The van der Waals surface area contributed by atoms with Crippen LogP contribution >= 0.6 is 0 Å². The quantitative estimate of drug-likeness (QED) is 0.891. The van der Waals surface area contributed by atoms with Gasteiger partial charge in [0.1, 0.15) is 11.5 Å². The number of phenols is 1. The molecule has 1 atom stereocenters. The molecule has 0 amide bonds. The minimum Gasteiger partial charge on any atom is -0.507 e. The third-order valence-electron chi connectivity index (χ3n) is 3.10. The molecule has 0 radical (unpaired) electrons. The zero-order valence-corrected chi connectivity index (χ0v) is 11.4. The minimum atomic E-state index is -0.0613. The highest BCUT2D eigenvalue weighted by atomic mass is 16.5. The molecule has 102 valence electrons. The number of nitrogens with one attached hydrogen (secondary N) is 1. The van der Waals surface area contributed by atoms with E-state index < -0.39 is 0 Å². The van der Waals surface area contributed by atoms with Gasteiger partial charge in [0.05, 0.1) is 24.8 Å². The Hall–Kier alpha value is -2.67. The molecule has 20 heavy (non-hydrogen) atoms. The molecule has 2 aromatic carbocycles. The van der Waals surface area contributed by atoms with Crippen LogP contribution in [0.25, 0.3) is 0 Å². The van der Waals surface area contributed by atoms with E-state index in [1.165, 1.54) is 0 Å². The van der Waals surface area contributed by atoms with Gasteiger partial charge in [-0.15, -0.1) is 0 Å². The van der Waals surface area contributed by atoms with E-state index >= 15 is 0 Å². The van der Waals surface area contributed by atoms with Crippen molar-refractivity contribution in [1.29, 1.82) is 5.26 Å². The molecule has 0 saturated heterocycles. The lowest BCUT2D eigenvalue weighted by molar-refractivity contribution is 0.406.